The van der Waals surface area contributed by atoms with Crippen LogP contribution < -0.4 is 13.1 Å². The SMILES string of the molecule is O=S(=O)(Oc1cccc(C(F)(F)F)c1)C1CC2OC1C(c1ccc([Se]c3ccccc3)cc1)=C2c1ccc(O)cc1. The minimum atomic E-state index is -4.64. The average Bonchev–Trinajstić information content (AvgIpc) is 3.54. The van der Waals surface area contributed by atoms with Gasteiger partial charge in [0.1, 0.15) is 0 Å². The van der Waals surface area contributed by atoms with Gasteiger partial charge in [0.05, 0.1) is 0 Å². The molecule has 1 saturated heterocycles. The molecule has 2 aliphatic rings. The van der Waals surface area contributed by atoms with Gasteiger partial charge in [0, 0.05) is 0 Å². The third-order valence-electron chi connectivity index (χ3n) is 7.06. The number of halogens is 3. The van der Waals surface area contributed by atoms with Crippen molar-refractivity contribution in [3.8, 4) is 11.5 Å². The maximum absolute atomic E-state index is 13.4. The molecule has 2 bridgehead atoms. The number of aromatic hydroxyl groups is 1. The van der Waals surface area contributed by atoms with Gasteiger partial charge in [-0.15, -0.1) is 0 Å². The van der Waals surface area contributed by atoms with Crippen molar-refractivity contribution >= 4 is 45.1 Å². The summed E-state index contributed by atoms with van der Waals surface area (Å²) in [6, 6.07) is 28.5. The van der Waals surface area contributed by atoms with E-state index >= 15 is 0 Å². The van der Waals surface area contributed by atoms with Crippen LogP contribution in [-0.2, 0) is 21.0 Å². The molecule has 5 nitrogen and oxygen atoms in total. The molecule has 0 saturated carbocycles. The van der Waals surface area contributed by atoms with Crippen molar-refractivity contribution < 1.29 is 35.6 Å². The van der Waals surface area contributed by atoms with E-state index in [1.807, 2.05) is 42.5 Å². The summed E-state index contributed by atoms with van der Waals surface area (Å²) in [5.74, 6) is -0.304. The summed E-state index contributed by atoms with van der Waals surface area (Å²) in [7, 11) is -4.37. The molecule has 4 aromatic carbocycles. The summed E-state index contributed by atoms with van der Waals surface area (Å²) in [6.45, 7) is 0. The molecule has 1 fully saturated rings. The van der Waals surface area contributed by atoms with Crippen molar-refractivity contribution in [3.05, 3.63) is 120 Å². The van der Waals surface area contributed by atoms with Crippen molar-refractivity contribution in [2.75, 3.05) is 0 Å². The second-order valence-electron chi connectivity index (χ2n) is 9.73. The van der Waals surface area contributed by atoms with Crippen LogP contribution in [0.3, 0.4) is 0 Å². The molecule has 4 aromatic rings. The fourth-order valence-corrected chi connectivity index (χ4v) is 8.41. The number of hydrogen-bond acceptors (Lipinski definition) is 5. The fourth-order valence-electron chi connectivity index (χ4n) is 5.24. The Balaban J connectivity index is 1.34. The van der Waals surface area contributed by atoms with Crippen LogP contribution in [-0.4, -0.2) is 45.9 Å². The minimum absolute atomic E-state index is 0.0842. The first kappa shape index (κ1) is 27.6. The molecule has 1 N–H and O–H groups in total. The number of benzene rings is 4. The Bertz CT molecular complexity index is 1700. The van der Waals surface area contributed by atoms with Crippen molar-refractivity contribution in [1.29, 1.82) is 0 Å². The van der Waals surface area contributed by atoms with Gasteiger partial charge in [-0.2, -0.15) is 13.2 Å². The maximum atomic E-state index is 13.4. The summed E-state index contributed by atoms with van der Waals surface area (Å²) in [6.07, 6.45) is -6.01. The Hall–Kier alpha value is -3.56. The van der Waals surface area contributed by atoms with Crippen molar-refractivity contribution in [3.63, 3.8) is 0 Å². The van der Waals surface area contributed by atoms with E-state index in [2.05, 4.69) is 12.1 Å². The van der Waals surface area contributed by atoms with Crippen LogP contribution in [0.2, 0.25) is 0 Å². The van der Waals surface area contributed by atoms with Crippen LogP contribution in [0, 0.1) is 0 Å². The van der Waals surface area contributed by atoms with E-state index in [0.29, 0.717) is 11.6 Å². The molecular weight excluding hydrogens is 620 g/mol. The van der Waals surface area contributed by atoms with Gasteiger partial charge in [-0.3, -0.25) is 0 Å². The summed E-state index contributed by atoms with van der Waals surface area (Å²) < 4.78 is 80.3. The Morgan fingerprint density at radius 2 is 1.44 bits per heavy atom. The number of fused-ring (bicyclic) bond motifs is 2. The molecule has 0 radical (unpaired) electrons. The van der Waals surface area contributed by atoms with E-state index in [9.17, 15) is 26.7 Å². The zero-order valence-electron chi connectivity index (χ0n) is 21.3. The molecule has 210 valence electrons. The number of ether oxygens (including phenoxy) is 1. The molecule has 0 amide bonds. The van der Waals surface area contributed by atoms with E-state index in [1.165, 1.54) is 10.5 Å². The van der Waals surface area contributed by atoms with E-state index in [-0.39, 0.29) is 27.1 Å². The van der Waals surface area contributed by atoms with Gasteiger partial charge in [-0.25, -0.2) is 0 Å². The molecule has 6 rings (SSSR count). The molecule has 3 atom stereocenters. The van der Waals surface area contributed by atoms with Crippen molar-refractivity contribution in [2.24, 2.45) is 0 Å². The van der Waals surface area contributed by atoms with Gasteiger partial charge < -0.3 is 0 Å². The Morgan fingerprint density at radius 3 is 2.12 bits per heavy atom. The number of rotatable bonds is 7. The first-order chi connectivity index (χ1) is 19.6. The quantitative estimate of drug-likeness (QED) is 0.229. The first-order valence-corrected chi connectivity index (χ1v) is 15.9. The van der Waals surface area contributed by atoms with Crippen LogP contribution >= 0.6 is 0 Å². The molecule has 2 heterocycles. The predicted molar refractivity (Wildman–Crippen MR) is 151 cm³/mol. The monoisotopic (exact) mass is 644 g/mol. The molecule has 10 heteroatoms. The molecule has 0 spiro atoms. The van der Waals surface area contributed by atoms with E-state index < -0.39 is 45.1 Å². The number of phenols is 1. The second-order valence-corrected chi connectivity index (χ2v) is 13.9. The molecule has 41 heavy (non-hydrogen) atoms. The third kappa shape index (κ3) is 5.65. The van der Waals surface area contributed by atoms with Crippen molar-refractivity contribution in [1.82, 2.24) is 0 Å². The summed E-state index contributed by atoms with van der Waals surface area (Å²) in [4.78, 5) is 0. The number of hydrogen-bond donors (Lipinski definition) is 1. The van der Waals surface area contributed by atoms with E-state index in [1.54, 1.807) is 24.3 Å². The average molecular weight is 644 g/mol. The normalized spacial score (nSPS) is 20.4. The van der Waals surface area contributed by atoms with Crippen LogP contribution in [0.1, 0.15) is 23.1 Å². The molecule has 0 aromatic heterocycles. The Kier molecular flexibility index (Phi) is 7.19. The Labute approximate surface area is 241 Å². The molecule has 0 aliphatic carbocycles. The van der Waals surface area contributed by atoms with Gasteiger partial charge >= 0.3 is 223 Å². The predicted octanol–water partition coefficient (Wildman–Crippen LogP) is 4.93. The fraction of sp³-hybridized carbons (Fsp3) is 0.161. The van der Waals surface area contributed by atoms with Gasteiger partial charge in [0.2, 0.25) is 0 Å². The third-order valence-corrected chi connectivity index (χ3v) is 10.8. The van der Waals surface area contributed by atoms with Crippen molar-refractivity contribution in [2.45, 2.75) is 30.1 Å². The van der Waals surface area contributed by atoms with Crippen LogP contribution in [0.15, 0.2) is 103 Å². The number of phenolic OH excluding ortho intramolecular Hbond substituents is 1. The van der Waals surface area contributed by atoms with Crippen LogP contribution in [0.5, 0.6) is 11.5 Å². The van der Waals surface area contributed by atoms with Gasteiger partial charge in [-0.05, 0) is 6.07 Å². The number of alkyl halides is 3. The molecule has 2 aliphatic heterocycles. The van der Waals surface area contributed by atoms with E-state index in [4.69, 9.17) is 8.92 Å². The Morgan fingerprint density at radius 1 is 0.805 bits per heavy atom. The zero-order valence-corrected chi connectivity index (χ0v) is 23.8. The summed E-state index contributed by atoms with van der Waals surface area (Å²) in [5, 5.41) is 8.69. The molecule has 3 unspecified atom stereocenters. The second kappa shape index (κ2) is 10.7. The van der Waals surface area contributed by atoms with Crippen LogP contribution in [0.25, 0.3) is 11.1 Å². The van der Waals surface area contributed by atoms with Gasteiger partial charge in [-0.1, -0.05) is 0 Å². The molecular formula is C31H23F3O5SSe. The standard InChI is InChI=1S/C31H23F3O5SSe/c32-31(33,34)21-5-4-6-23(17-21)39-40(36,37)27-18-26-28(19-9-13-22(35)14-10-19)29(30(27)38-26)20-11-15-25(16-12-20)41-24-7-2-1-3-8-24/h1-17,26-27,30,35H,18H2. The summed E-state index contributed by atoms with van der Waals surface area (Å²) in [5.41, 5.74) is 2.08. The summed E-state index contributed by atoms with van der Waals surface area (Å²) >= 11 is 0.0871. The topological polar surface area (TPSA) is 72.8 Å². The van der Waals surface area contributed by atoms with Gasteiger partial charge in [0.15, 0.2) is 0 Å². The zero-order chi connectivity index (χ0) is 28.8. The first-order valence-electron chi connectivity index (χ1n) is 12.7. The van der Waals surface area contributed by atoms with Crippen LogP contribution in [0.4, 0.5) is 13.2 Å². The van der Waals surface area contributed by atoms with Gasteiger partial charge in [0.25, 0.3) is 0 Å². The van der Waals surface area contributed by atoms with E-state index in [0.717, 1.165) is 33.3 Å².